The van der Waals surface area contributed by atoms with Crippen LogP contribution >= 0.6 is 11.8 Å². The van der Waals surface area contributed by atoms with E-state index in [9.17, 15) is 19.2 Å². The zero-order chi connectivity index (χ0) is 24.4. The summed E-state index contributed by atoms with van der Waals surface area (Å²) in [6.07, 6.45) is 1.87. The van der Waals surface area contributed by atoms with Crippen molar-refractivity contribution in [1.82, 2.24) is 10.2 Å². The van der Waals surface area contributed by atoms with E-state index in [0.717, 1.165) is 6.42 Å². The highest BCUT2D eigenvalue weighted by Crippen LogP contribution is 2.38. The number of nitrogens with zero attached hydrogens (tertiary/aromatic N) is 1. The normalized spacial score (nSPS) is 19.5. The Hall–Kier alpha value is -1.41. The number of hydrogen-bond acceptors (Lipinski definition) is 6. The molecule has 1 aliphatic heterocycles. The molecule has 2 unspecified atom stereocenters. The van der Waals surface area contributed by atoms with E-state index in [1.54, 1.807) is 0 Å². The van der Waals surface area contributed by atoms with Crippen molar-refractivity contribution in [2.75, 3.05) is 5.75 Å². The van der Waals surface area contributed by atoms with Crippen LogP contribution in [0.2, 0.25) is 0 Å². The smallest absolute Gasteiger partial charge is 0.243 e. The Balaban J connectivity index is 2.91. The third kappa shape index (κ3) is 7.90. The molecule has 178 valence electrons. The van der Waals surface area contributed by atoms with Crippen LogP contribution in [0.5, 0.6) is 0 Å². The minimum Gasteiger partial charge on any atom is -0.351 e. The second kappa shape index (κ2) is 9.61. The molecule has 3 N–H and O–H groups in total. The van der Waals surface area contributed by atoms with Crippen LogP contribution in [0.15, 0.2) is 0 Å². The van der Waals surface area contributed by atoms with Crippen LogP contribution in [-0.4, -0.2) is 57.0 Å². The van der Waals surface area contributed by atoms with E-state index in [4.69, 9.17) is 5.73 Å². The van der Waals surface area contributed by atoms with E-state index in [-0.39, 0.29) is 40.8 Å². The number of rotatable bonds is 10. The Morgan fingerprint density at radius 2 is 1.68 bits per heavy atom. The Morgan fingerprint density at radius 3 is 2.16 bits per heavy atom. The van der Waals surface area contributed by atoms with Crippen LogP contribution in [0, 0.1) is 10.8 Å². The number of thioether (sulfide) groups is 1. The van der Waals surface area contributed by atoms with E-state index in [1.165, 1.54) is 16.7 Å². The molecule has 1 aliphatic rings. The van der Waals surface area contributed by atoms with Gasteiger partial charge in [-0.2, -0.15) is 0 Å². The Morgan fingerprint density at radius 1 is 1.13 bits per heavy atom. The van der Waals surface area contributed by atoms with Gasteiger partial charge in [0.1, 0.15) is 6.29 Å². The number of amides is 3. The number of nitrogens with two attached hydrogens (primary N) is 1. The maximum absolute atomic E-state index is 13.1. The fourth-order valence-corrected chi connectivity index (χ4v) is 5.77. The quantitative estimate of drug-likeness (QED) is 0.387. The molecule has 0 radical (unpaired) electrons. The summed E-state index contributed by atoms with van der Waals surface area (Å²) in [7, 11) is 0. The molecule has 1 fully saturated rings. The lowest BCUT2D eigenvalue weighted by Gasteiger charge is -2.41. The monoisotopic (exact) mass is 455 g/mol. The number of imide groups is 1. The van der Waals surface area contributed by atoms with Gasteiger partial charge in [0.05, 0.1) is 11.3 Å². The van der Waals surface area contributed by atoms with E-state index >= 15 is 0 Å². The highest BCUT2D eigenvalue weighted by atomic mass is 32.2. The van der Waals surface area contributed by atoms with E-state index in [2.05, 4.69) is 26.1 Å². The standard InChI is InChI=1S/C23H41N3O4S/c1-20(2,3)13-22(6,7)25-19(30)21(4,5)14-23(8,9)26-17(28)10-16(18(26)29)31-12-15(24)11-27/h11,15-16H,10,12-14,24H2,1-9H3,(H,25,30). The van der Waals surface area contributed by atoms with Crippen LogP contribution in [0.4, 0.5) is 0 Å². The molecule has 2 atom stereocenters. The summed E-state index contributed by atoms with van der Waals surface area (Å²) in [6, 6.07) is -0.658. The first-order chi connectivity index (χ1) is 13.8. The van der Waals surface area contributed by atoms with Crippen LogP contribution in [0.3, 0.4) is 0 Å². The number of nitrogens with one attached hydrogen (secondary N) is 1. The molecule has 8 heteroatoms. The van der Waals surface area contributed by atoms with Crippen LogP contribution in [0.1, 0.15) is 81.6 Å². The molecule has 1 heterocycles. The topological polar surface area (TPSA) is 110 Å². The van der Waals surface area contributed by atoms with Crippen molar-refractivity contribution in [3.8, 4) is 0 Å². The van der Waals surface area contributed by atoms with Gasteiger partial charge in [-0.05, 0) is 46.0 Å². The van der Waals surface area contributed by atoms with Crippen molar-refractivity contribution < 1.29 is 19.2 Å². The molecule has 3 amide bonds. The first-order valence-electron chi connectivity index (χ1n) is 10.8. The van der Waals surface area contributed by atoms with Crippen molar-refractivity contribution in [2.45, 2.75) is 104 Å². The highest BCUT2D eigenvalue weighted by Gasteiger charge is 2.49. The van der Waals surface area contributed by atoms with Gasteiger partial charge in [-0.25, -0.2) is 0 Å². The molecular formula is C23H41N3O4S. The predicted octanol–water partition coefficient (Wildman–Crippen LogP) is 2.90. The zero-order valence-electron chi connectivity index (χ0n) is 20.6. The van der Waals surface area contributed by atoms with Gasteiger partial charge in [0.25, 0.3) is 0 Å². The number of likely N-dealkylation sites (tertiary alicyclic amines) is 1. The molecule has 0 aliphatic carbocycles. The maximum atomic E-state index is 13.1. The van der Waals surface area contributed by atoms with Crippen molar-refractivity contribution in [3.63, 3.8) is 0 Å². The molecule has 0 aromatic rings. The van der Waals surface area contributed by atoms with Crippen LogP contribution in [0.25, 0.3) is 0 Å². The summed E-state index contributed by atoms with van der Waals surface area (Å²) < 4.78 is 0. The molecule has 0 aromatic carbocycles. The minimum atomic E-state index is -0.828. The summed E-state index contributed by atoms with van der Waals surface area (Å²) in [5.41, 5.74) is 3.68. The first kappa shape index (κ1) is 27.6. The molecule has 7 nitrogen and oxygen atoms in total. The fourth-order valence-electron chi connectivity index (χ4n) is 4.72. The number of carbonyl (C=O) groups is 4. The second-order valence-corrected chi connectivity index (χ2v) is 13.1. The number of hydrogen-bond donors (Lipinski definition) is 2. The Bertz CT molecular complexity index is 710. The summed E-state index contributed by atoms with van der Waals surface area (Å²) in [5.74, 6) is -0.339. The van der Waals surface area contributed by atoms with Gasteiger partial charge in [-0.1, -0.05) is 34.6 Å². The lowest BCUT2D eigenvalue weighted by molar-refractivity contribution is -0.148. The highest BCUT2D eigenvalue weighted by molar-refractivity contribution is 8.00. The molecule has 0 saturated carbocycles. The van der Waals surface area contributed by atoms with E-state index in [0.29, 0.717) is 12.7 Å². The average Bonchev–Trinajstić information content (AvgIpc) is 2.83. The summed E-state index contributed by atoms with van der Waals surface area (Å²) >= 11 is 1.24. The van der Waals surface area contributed by atoms with Crippen LogP contribution < -0.4 is 11.1 Å². The molecule has 0 aromatic heterocycles. The Labute approximate surface area is 191 Å². The number of carbonyl (C=O) groups excluding carboxylic acids is 4. The summed E-state index contributed by atoms with van der Waals surface area (Å²) in [4.78, 5) is 50.8. The first-order valence-corrected chi connectivity index (χ1v) is 11.9. The predicted molar refractivity (Wildman–Crippen MR) is 126 cm³/mol. The molecule has 1 rings (SSSR count). The van der Waals surface area contributed by atoms with Gasteiger partial charge in [-0.15, -0.1) is 11.8 Å². The van der Waals surface area contributed by atoms with Gasteiger partial charge >= 0.3 is 0 Å². The van der Waals surface area contributed by atoms with Gasteiger partial charge in [0.2, 0.25) is 17.7 Å². The van der Waals surface area contributed by atoms with Crippen molar-refractivity contribution in [3.05, 3.63) is 0 Å². The van der Waals surface area contributed by atoms with Gasteiger partial charge in [0.15, 0.2) is 0 Å². The van der Waals surface area contributed by atoms with Gasteiger partial charge in [-0.3, -0.25) is 19.3 Å². The largest absolute Gasteiger partial charge is 0.351 e. The fraction of sp³-hybridized carbons (Fsp3) is 0.826. The van der Waals surface area contributed by atoms with Crippen molar-refractivity contribution in [1.29, 1.82) is 0 Å². The van der Waals surface area contributed by atoms with E-state index < -0.39 is 22.2 Å². The van der Waals surface area contributed by atoms with Gasteiger partial charge in [0, 0.05) is 28.7 Å². The summed E-state index contributed by atoms with van der Waals surface area (Å²) in [6.45, 7) is 17.8. The lowest BCUT2D eigenvalue weighted by atomic mass is 9.76. The summed E-state index contributed by atoms with van der Waals surface area (Å²) in [5, 5.41) is 2.62. The van der Waals surface area contributed by atoms with Crippen molar-refractivity contribution >= 4 is 35.8 Å². The second-order valence-electron chi connectivity index (χ2n) is 11.8. The molecule has 0 spiro atoms. The zero-order valence-corrected chi connectivity index (χ0v) is 21.4. The van der Waals surface area contributed by atoms with Crippen molar-refractivity contribution in [2.24, 2.45) is 16.6 Å². The molecule has 1 saturated heterocycles. The minimum absolute atomic E-state index is 0.0631. The van der Waals surface area contributed by atoms with Gasteiger partial charge < -0.3 is 15.8 Å². The molecular weight excluding hydrogens is 414 g/mol. The van der Waals surface area contributed by atoms with Crippen LogP contribution in [-0.2, 0) is 19.2 Å². The maximum Gasteiger partial charge on any atom is 0.243 e. The SMILES string of the molecule is CC(C)(C)CC(C)(C)NC(=O)C(C)(C)CC(C)(C)N1C(=O)CC(SCC(N)C=O)C1=O. The lowest BCUT2D eigenvalue weighted by Crippen LogP contribution is -2.55. The average molecular weight is 456 g/mol. The number of aldehydes is 1. The molecule has 31 heavy (non-hydrogen) atoms. The Kier molecular flexibility index (Phi) is 8.56. The third-order valence-electron chi connectivity index (χ3n) is 5.29. The molecule has 0 bridgehead atoms. The third-order valence-corrected chi connectivity index (χ3v) is 6.64. The van der Waals surface area contributed by atoms with E-state index in [1.807, 2.05) is 41.5 Å².